The molecule has 0 unspecified atom stereocenters. The number of carbonyl (C=O) groups is 1. The van der Waals surface area contributed by atoms with Crippen molar-refractivity contribution in [2.75, 3.05) is 40.4 Å². The SMILES string of the molecule is [C-]#[N+]C1(c2ccc(Cl)c(OC)c2)CCN(C(=O)Cn2nc(-c3ncon3)c3cccnc32)CC1.[C-]#[N+]C1(c2ccc(Cl)c(OC)c2)CCNCC1. The fourth-order valence-electron chi connectivity index (χ4n) is 6.58. The number of hydrogen-bond donors (Lipinski definition) is 1. The molecule has 0 bridgehead atoms. The van der Waals surface area contributed by atoms with Crippen molar-refractivity contribution in [1.82, 2.24) is 35.1 Å². The van der Waals surface area contributed by atoms with Crippen molar-refractivity contribution < 1.29 is 18.8 Å². The number of aromatic nitrogens is 5. The number of benzene rings is 2. The molecule has 0 saturated carbocycles. The molecule has 2 aliphatic rings. The second-order valence-corrected chi connectivity index (χ2v) is 13.1. The number of rotatable bonds is 7. The standard InChI is InChI=1S/C23H20ClN7O3.C13H15ClN2O/c1-25-23(15-5-6-17(24)18(12-15)33-2)7-10-30(11-8-23)19(32)13-31-22-16(4-3-9-26-22)20(28-31)21-27-14-34-29-21;1-15-13(5-7-16-8-6-13)10-3-4-11(14)12(9-10)17-2/h3-6,9,12,14H,7-8,10-11,13H2,2H3;3-4,9,16H,5-8H2,2H3. The van der Waals surface area contributed by atoms with Gasteiger partial charge in [-0.15, -0.1) is 0 Å². The Bertz CT molecular complexity index is 2090. The summed E-state index contributed by atoms with van der Waals surface area (Å²) in [4.78, 5) is 31.2. The van der Waals surface area contributed by atoms with Gasteiger partial charge in [-0.1, -0.05) is 28.4 Å². The van der Waals surface area contributed by atoms with Crippen LogP contribution in [-0.2, 0) is 22.4 Å². The van der Waals surface area contributed by atoms with Crippen molar-refractivity contribution in [3.05, 3.63) is 105 Å². The fourth-order valence-corrected chi connectivity index (χ4v) is 6.97. The molecule has 1 N–H and O–H groups in total. The smallest absolute Gasteiger partial charge is 0.261 e. The van der Waals surface area contributed by atoms with E-state index in [4.69, 9.17) is 50.3 Å². The average molecular weight is 729 g/mol. The highest BCUT2D eigenvalue weighted by Gasteiger charge is 2.44. The quantitative estimate of drug-likeness (QED) is 0.189. The van der Waals surface area contributed by atoms with Crippen LogP contribution >= 0.6 is 23.2 Å². The highest BCUT2D eigenvalue weighted by molar-refractivity contribution is 6.32. The first-order valence-corrected chi connectivity index (χ1v) is 17.0. The fraction of sp³-hybridized carbons (Fsp3) is 0.361. The maximum absolute atomic E-state index is 13.2. The van der Waals surface area contributed by atoms with Crippen molar-refractivity contribution in [3.8, 4) is 23.0 Å². The van der Waals surface area contributed by atoms with E-state index in [0.717, 1.165) is 42.4 Å². The van der Waals surface area contributed by atoms with Gasteiger partial charge in [0.05, 0.1) is 29.7 Å². The van der Waals surface area contributed by atoms with Gasteiger partial charge in [-0.3, -0.25) is 4.79 Å². The summed E-state index contributed by atoms with van der Waals surface area (Å²) in [6, 6.07) is 14.7. The number of carbonyl (C=O) groups excluding carboxylic acids is 1. The largest absolute Gasteiger partial charge is 0.495 e. The lowest BCUT2D eigenvalue weighted by Crippen LogP contribution is -2.45. The van der Waals surface area contributed by atoms with Crippen molar-refractivity contribution >= 4 is 40.1 Å². The highest BCUT2D eigenvalue weighted by atomic mass is 35.5. The molecule has 2 aliphatic heterocycles. The molecule has 1 amide bonds. The van der Waals surface area contributed by atoms with E-state index < -0.39 is 11.1 Å². The number of methoxy groups -OCH3 is 2. The molecule has 2 saturated heterocycles. The number of hydrogen-bond acceptors (Lipinski definition) is 9. The van der Waals surface area contributed by atoms with Gasteiger partial charge in [-0.25, -0.2) is 22.8 Å². The number of ether oxygens (including phenoxy) is 2. The molecular formula is C36H35Cl2N9O4. The third kappa shape index (κ3) is 7.19. The summed E-state index contributed by atoms with van der Waals surface area (Å²) in [7, 11) is 3.15. The molecule has 2 fully saturated rings. The van der Waals surface area contributed by atoms with Crippen LogP contribution in [0.4, 0.5) is 0 Å². The summed E-state index contributed by atoms with van der Waals surface area (Å²) in [5, 5.41) is 13.5. The topological polar surface area (TPSA) is 129 Å². The molecule has 0 aliphatic carbocycles. The van der Waals surface area contributed by atoms with Crippen LogP contribution in [0, 0.1) is 13.1 Å². The number of likely N-dealkylation sites (tertiary alicyclic amines) is 1. The predicted octanol–water partition coefficient (Wildman–Crippen LogP) is 6.43. The number of piperidine rings is 2. The zero-order valence-electron chi connectivity index (χ0n) is 28.1. The van der Waals surface area contributed by atoms with E-state index in [1.165, 1.54) is 6.39 Å². The average Bonchev–Trinajstić information content (AvgIpc) is 3.84. The van der Waals surface area contributed by atoms with Gasteiger partial charge in [0, 0.05) is 69.2 Å². The number of fused-ring (bicyclic) bond motifs is 1. The second kappa shape index (κ2) is 15.4. The molecule has 5 aromatic rings. The van der Waals surface area contributed by atoms with Crippen LogP contribution in [0.25, 0.3) is 32.2 Å². The molecule has 5 heterocycles. The molecule has 15 heteroatoms. The molecule has 3 aromatic heterocycles. The summed E-state index contributed by atoms with van der Waals surface area (Å²) in [5.74, 6) is 1.42. The Morgan fingerprint density at radius 1 is 0.922 bits per heavy atom. The molecule has 0 spiro atoms. The summed E-state index contributed by atoms with van der Waals surface area (Å²) >= 11 is 12.2. The van der Waals surface area contributed by atoms with E-state index in [1.807, 2.05) is 36.4 Å². The number of amides is 1. The van der Waals surface area contributed by atoms with Crippen LogP contribution in [0.15, 0.2) is 65.6 Å². The Morgan fingerprint density at radius 3 is 2.08 bits per heavy atom. The maximum Gasteiger partial charge on any atom is 0.261 e. The van der Waals surface area contributed by atoms with Crippen molar-refractivity contribution in [2.24, 2.45) is 0 Å². The number of halogens is 2. The zero-order chi connectivity index (χ0) is 36.0. The van der Waals surface area contributed by atoms with Gasteiger partial charge in [0.2, 0.25) is 18.1 Å². The molecule has 13 nitrogen and oxygen atoms in total. The molecule has 2 aromatic carbocycles. The third-order valence-electron chi connectivity index (χ3n) is 9.54. The van der Waals surface area contributed by atoms with E-state index in [1.54, 1.807) is 42.1 Å². The molecule has 7 rings (SSSR count). The Balaban J connectivity index is 0.000000221. The van der Waals surface area contributed by atoms with Gasteiger partial charge in [-0.05, 0) is 48.5 Å². The first-order chi connectivity index (χ1) is 24.8. The van der Waals surface area contributed by atoms with E-state index in [2.05, 4.69) is 35.2 Å². The lowest BCUT2D eigenvalue weighted by atomic mass is 9.81. The van der Waals surface area contributed by atoms with Gasteiger partial charge in [0.25, 0.3) is 11.1 Å². The molecule has 0 radical (unpaired) electrons. The Labute approximate surface area is 305 Å². The van der Waals surface area contributed by atoms with Gasteiger partial charge in [0.1, 0.15) is 23.7 Å². The van der Waals surface area contributed by atoms with E-state index in [0.29, 0.717) is 64.6 Å². The summed E-state index contributed by atoms with van der Waals surface area (Å²) in [5.41, 5.74) is 1.80. The van der Waals surface area contributed by atoms with Gasteiger partial charge < -0.3 is 33.9 Å². The van der Waals surface area contributed by atoms with E-state index in [-0.39, 0.29) is 12.5 Å². The van der Waals surface area contributed by atoms with Crippen LogP contribution in [-0.4, -0.2) is 76.1 Å². The first kappa shape index (κ1) is 35.6. The lowest BCUT2D eigenvalue weighted by molar-refractivity contribution is -0.133. The predicted molar refractivity (Wildman–Crippen MR) is 191 cm³/mol. The second-order valence-electron chi connectivity index (χ2n) is 12.3. The number of pyridine rings is 1. The van der Waals surface area contributed by atoms with Gasteiger partial charge >= 0.3 is 0 Å². The summed E-state index contributed by atoms with van der Waals surface area (Å²) in [6.45, 7) is 18.1. The normalized spacial score (nSPS) is 16.3. The minimum Gasteiger partial charge on any atom is -0.495 e. The lowest BCUT2D eigenvalue weighted by Gasteiger charge is -2.34. The maximum atomic E-state index is 13.2. The summed E-state index contributed by atoms with van der Waals surface area (Å²) < 4.78 is 16.9. The minimum atomic E-state index is -0.722. The molecular weight excluding hydrogens is 693 g/mol. The van der Waals surface area contributed by atoms with Crippen molar-refractivity contribution in [2.45, 2.75) is 43.3 Å². The van der Waals surface area contributed by atoms with Crippen molar-refractivity contribution in [1.29, 1.82) is 0 Å². The molecule has 262 valence electrons. The number of nitrogens with zero attached hydrogens (tertiary/aromatic N) is 8. The Hall–Kier alpha value is -5.21. The van der Waals surface area contributed by atoms with E-state index in [9.17, 15) is 4.79 Å². The Kier molecular flexibility index (Phi) is 10.7. The highest BCUT2D eigenvalue weighted by Crippen LogP contribution is 2.41. The van der Waals surface area contributed by atoms with Crippen molar-refractivity contribution in [3.63, 3.8) is 0 Å². The summed E-state index contributed by atoms with van der Waals surface area (Å²) in [6.07, 6.45) is 5.58. The molecule has 0 atom stereocenters. The van der Waals surface area contributed by atoms with Crippen LogP contribution in [0.3, 0.4) is 0 Å². The van der Waals surface area contributed by atoms with Crippen LogP contribution < -0.4 is 14.8 Å². The third-order valence-corrected chi connectivity index (χ3v) is 10.2. The zero-order valence-corrected chi connectivity index (χ0v) is 29.6. The van der Waals surface area contributed by atoms with Gasteiger partial charge in [0.15, 0.2) is 5.65 Å². The number of nitrogens with one attached hydrogen (secondary N) is 1. The minimum absolute atomic E-state index is 0.0190. The first-order valence-electron chi connectivity index (χ1n) is 16.3. The van der Waals surface area contributed by atoms with Crippen LogP contribution in [0.1, 0.15) is 36.8 Å². The van der Waals surface area contributed by atoms with Crippen LogP contribution in [0.5, 0.6) is 11.5 Å². The molecule has 51 heavy (non-hydrogen) atoms. The van der Waals surface area contributed by atoms with Crippen LogP contribution in [0.2, 0.25) is 10.0 Å². The van der Waals surface area contributed by atoms with Gasteiger partial charge in [-0.2, -0.15) is 10.1 Å². The van der Waals surface area contributed by atoms with E-state index >= 15 is 0 Å². The Morgan fingerprint density at radius 2 is 1.53 bits per heavy atom. The monoisotopic (exact) mass is 727 g/mol.